The van der Waals surface area contributed by atoms with Crippen molar-refractivity contribution in [1.82, 2.24) is 10.3 Å². The molecule has 2 saturated heterocycles. The molecule has 0 spiro atoms. The van der Waals surface area contributed by atoms with Crippen LogP contribution in [0.2, 0.25) is 0 Å². The van der Waals surface area contributed by atoms with Crippen LogP contribution in [-0.4, -0.2) is 49.3 Å². The minimum atomic E-state index is -0.273. The fraction of sp³-hybridized carbons (Fsp3) is 0.346. The molecule has 2 fully saturated rings. The first-order chi connectivity index (χ1) is 16.7. The molecule has 34 heavy (non-hydrogen) atoms. The van der Waals surface area contributed by atoms with E-state index in [1.165, 1.54) is 0 Å². The number of aromatic nitrogens is 1. The van der Waals surface area contributed by atoms with Crippen molar-refractivity contribution in [1.29, 1.82) is 0 Å². The predicted octanol–water partition coefficient (Wildman–Crippen LogP) is 4.39. The van der Waals surface area contributed by atoms with Gasteiger partial charge in [-0.3, -0.25) is 4.79 Å². The van der Waals surface area contributed by atoms with Crippen LogP contribution < -0.4 is 20.9 Å². The molecule has 3 N–H and O–H groups in total. The number of carbonyl (C=O) groups excluding carboxylic acids is 2. The third kappa shape index (κ3) is 5.12. The van der Waals surface area contributed by atoms with Crippen LogP contribution in [-0.2, 0) is 4.74 Å². The number of carbonyl (C=O) groups is 2. The Hall–Kier alpha value is -3.65. The topological polar surface area (TPSA) is 95.6 Å². The number of pyridine rings is 1. The third-order valence-electron chi connectivity index (χ3n) is 6.27. The summed E-state index contributed by atoms with van der Waals surface area (Å²) in [7, 11) is 0. The van der Waals surface area contributed by atoms with Crippen LogP contribution in [0.5, 0.6) is 0 Å². The zero-order chi connectivity index (χ0) is 23.3. The van der Waals surface area contributed by atoms with Gasteiger partial charge in [-0.25, -0.2) is 9.78 Å². The molecule has 2 aliphatic rings. The molecule has 0 bridgehead atoms. The van der Waals surface area contributed by atoms with Crippen molar-refractivity contribution in [3.63, 3.8) is 0 Å². The molecule has 1 atom stereocenters. The van der Waals surface area contributed by atoms with Gasteiger partial charge < -0.3 is 25.6 Å². The minimum absolute atomic E-state index is 0.0957. The molecular formula is C26H29N5O3. The molecule has 176 valence electrons. The van der Waals surface area contributed by atoms with Crippen molar-refractivity contribution in [2.45, 2.75) is 31.8 Å². The zero-order valence-electron chi connectivity index (χ0n) is 19.0. The Morgan fingerprint density at radius 1 is 0.971 bits per heavy atom. The number of urea groups is 1. The Kier molecular flexibility index (Phi) is 6.58. The first-order valence-electron chi connectivity index (χ1n) is 11.9. The summed E-state index contributed by atoms with van der Waals surface area (Å²) in [6.07, 6.45) is 4.31. The van der Waals surface area contributed by atoms with E-state index in [1.807, 2.05) is 30.3 Å². The Bertz CT molecular complexity index is 1170. The lowest BCUT2D eigenvalue weighted by atomic mass is 10.1. The quantitative estimate of drug-likeness (QED) is 0.508. The van der Waals surface area contributed by atoms with Crippen LogP contribution in [0.1, 0.15) is 36.0 Å². The SMILES string of the molecule is O=C(NCC1CCCO1)Nc1ccc(NC(=O)c2cc3ccccc3nc2N2CCCC2)cc1. The molecule has 2 aromatic carbocycles. The average molecular weight is 460 g/mol. The van der Waals surface area contributed by atoms with Crippen LogP contribution in [0, 0.1) is 0 Å². The van der Waals surface area contributed by atoms with Crippen molar-refractivity contribution >= 4 is 40.0 Å². The second-order valence-corrected chi connectivity index (χ2v) is 8.75. The van der Waals surface area contributed by atoms with Gasteiger partial charge >= 0.3 is 6.03 Å². The summed E-state index contributed by atoms with van der Waals surface area (Å²) in [6.45, 7) is 3.07. The Labute approximate surface area is 198 Å². The maximum atomic E-state index is 13.2. The lowest BCUT2D eigenvalue weighted by Gasteiger charge is -2.20. The average Bonchev–Trinajstić information content (AvgIpc) is 3.58. The summed E-state index contributed by atoms with van der Waals surface area (Å²) in [4.78, 5) is 32.4. The van der Waals surface area contributed by atoms with Crippen molar-refractivity contribution in [2.75, 3.05) is 41.8 Å². The van der Waals surface area contributed by atoms with Crippen molar-refractivity contribution in [2.24, 2.45) is 0 Å². The molecule has 8 heteroatoms. The summed E-state index contributed by atoms with van der Waals surface area (Å²) in [5.41, 5.74) is 2.74. The normalized spacial score (nSPS) is 17.6. The number of ether oxygens (including phenoxy) is 1. The van der Waals surface area contributed by atoms with E-state index in [0.29, 0.717) is 23.5 Å². The Morgan fingerprint density at radius 3 is 2.44 bits per heavy atom. The van der Waals surface area contributed by atoms with Gasteiger partial charge in [0, 0.05) is 43.0 Å². The number of nitrogens with zero attached hydrogens (tertiary/aromatic N) is 2. The lowest BCUT2D eigenvalue weighted by molar-refractivity contribution is 0.102. The van der Waals surface area contributed by atoms with Gasteiger partial charge in [0.2, 0.25) is 0 Å². The summed E-state index contributed by atoms with van der Waals surface area (Å²) in [5, 5.41) is 9.56. The number of nitrogens with one attached hydrogen (secondary N) is 3. The highest BCUT2D eigenvalue weighted by atomic mass is 16.5. The van der Waals surface area contributed by atoms with E-state index >= 15 is 0 Å². The van der Waals surface area contributed by atoms with E-state index in [1.54, 1.807) is 24.3 Å². The first kappa shape index (κ1) is 22.2. The molecule has 8 nitrogen and oxygen atoms in total. The maximum absolute atomic E-state index is 13.2. The van der Waals surface area contributed by atoms with Crippen LogP contribution in [0.3, 0.4) is 0 Å². The van der Waals surface area contributed by atoms with Crippen molar-refractivity contribution < 1.29 is 14.3 Å². The molecule has 0 aliphatic carbocycles. The number of rotatable bonds is 6. The monoisotopic (exact) mass is 459 g/mol. The molecule has 5 rings (SSSR count). The molecule has 3 amide bonds. The fourth-order valence-electron chi connectivity index (χ4n) is 4.47. The number of hydrogen-bond acceptors (Lipinski definition) is 5. The molecule has 1 unspecified atom stereocenters. The van der Waals surface area contributed by atoms with Gasteiger partial charge in [0.1, 0.15) is 5.82 Å². The minimum Gasteiger partial charge on any atom is -0.376 e. The predicted molar refractivity (Wildman–Crippen MR) is 134 cm³/mol. The van der Waals surface area contributed by atoms with Gasteiger partial charge in [0.25, 0.3) is 5.91 Å². The van der Waals surface area contributed by atoms with Gasteiger partial charge in [0.05, 0.1) is 17.2 Å². The maximum Gasteiger partial charge on any atom is 0.319 e. The molecule has 3 heterocycles. The second-order valence-electron chi connectivity index (χ2n) is 8.75. The van der Waals surface area contributed by atoms with E-state index in [2.05, 4.69) is 20.9 Å². The number of benzene rings is 2. The Morgan fingerprint density at radius 2 is 1.71 bits per heavy atom. The van der Waals surface area contributed by atoms with Gasteiger partial charge in [0.15, 0.2) is 0 Å². The van der Waals surface area contributed by atoms with Crippen molar-refractivity contribution in [3.05, 3.63) is 60.2 Å². The summed E-state index contributed by atoms with van der Waals surface area (Å²) in [5.74, 6) is 0.532. The molecule has 0 radical (unpaired) electrons. The molecular weight excluding hydrogens is 430 g/mol. The highest BCUT2D eigenvalue weighted by Crippen LogP contribution is 2.27. The number of anilines is 3. The molecule has 2 aliphatic heterocycles. The first-order valence-corrected chi connectivity index (χ1v) is 11.9. The van der Waals surface area contributed by atoms with Crippen LogP contribution in [0.25, 0.3) is 10.9 Å². The van der Waals surface area contributed by atoms with Crippen LogP contribution in [0.15, 0.2) is 54.6 Å². The van der Waals surface area contributed by atoms with E-state index in [9.17, 15) is 9.59 Å². The second kappa shape index (κ2) is 10.1. The summed E-state index contributed by atoms with van der Waals surface area (Å²) in [6, 6.07) is 16.6. The zero-order valence-corrected chi connectivity index (χ0v) is 19.0. The van der Waals surface area contributed by atoms with E-state index in [-0.39, 0.29) is 18.0 Å². The standard InChI is InChI=1S/C26H29N5O3/c32-25(22-16-18-6-1-2-8-23(18)30-24(22)31-13-3-4-14-31)28-19-9-11-20(12-10-19)29-26(33)27-17-21-7-5-15-34-21/h1-2,6,8-12,16,21H,3-5,7,13-15,17H2,(H,28,32)(H2,27,29,33). The Balaban J connectivity index is 1.26. The molecule has 3 aromatic rings. The smallest absolute Gasteiger partial charge is 0.319 e. The fourth-order valence-corrected chi connectivity index (χ4v) is 4.47. The summed E-state index contributed by atoms with van der Waals surface area (Å²) >= 11 is 0. The summed E-state index contributed by atoms with van der Waals surface area (Å²) < 4.78 is 5.52. The van der Waals surface area contributed by atoms with Gasteiger partial charge in [-0.1, -0.05) is 18.2 Å². The highest BCUT2D eigenvalue weighted by Gasteiger charge is 2.22. The van der Waals surface area contributed by atoms with Gasteiger partial charge in [-0.15, -0.1) is 0 Å². The van der Waals surface area contributed by atoms with E-state index < -0.39 is 0 Å². The highest BCUT2D eigenvalue weighted by molar-refractivity contribution is 6.09. The van der Waals surface area contributed by atoms with Crippen LogP contribution >= 0.6 is 0 Å². The van der Waals surface area contributed by atoms with Crippen LogP contribution in [0.4, 0.5) is 22.0 Å². The molecule has 0 saturated carbocycles. The van der Waals surface area contributed by atoms with Gasteiger partial charge in [-0.2, -0.15) is 0 Å². The number of hydrogen-bond donors (Lipinski definition) is 3. The lowest BCUT2D eigenvalue weighted by Crippen LogP contribution is -2.35. The van der Waals surface area contributed by atoms with Crippen molar-refractivity contribution in [3.8, 4) is 0 Å². The van der Waals surface area contributed by atoms with Gasteiger partial charge in [-0.05, 0) is 62.1 Å². The molecule has 1 aromatic heterocycles. The number of fused-ring (bicyclic) bond motifs is 1. The largest absolute Gasteiger partial charge is 0.376 e. The number of para-hydroxylation sites is 1. The van der Waals surface area contributed by atoms with E-state index in [0.717, 1.165) is 62.1 Å². The number of amides is 3. The third-order valence-corrected chi connectivity index (χ3v) is 6.27. The van der Waals surface area contributed by atoms with E-state index in [4.69, 9.17) is 9.72 Å².